The molecule has 0 radical (unpaired) electrons. The van der Waals surface area contributed by atoms with Crippen LogP contribution in [0.2, 0.25) is 0 Å². The molecule has 94 valence electrons. The van der Waals surface area contributed by atoms with Gasteiger partial charge in [-0.05, 0) is 42.5 Å². The molecule has 0 aromatic heterocycles. The maximum Gasteiger partial charge on any atom is 0.573 e. The van der Waals surface area contributed by atoms with Crippen LogP contribution < -0.4 is 4.74 Å². The van der Waals surface area contributed by atoms with Gasteiger partial charge in [0.25, 0.3) is 0 Å². The number of hydrogen-bond donors (Lipinski definition) is 1. The molecule has 0 atom stereocenters. The van der Waals surface area contributed by atoms with Gasteiger partial charge in [0, 0.05) is 0 Å². The highest BCUT2D eigenvalue weighted by Crippen LogP contribution is 2.39. The third kappa shape index (κ3) is 2.88. The Balaban J connectivity index is 2.18. The van der Waals surface area contributed by atoms with Gasteiger partial charge in [-0.1, -0.05) is 0 Å². The monoisotopic (exact) mass is 250 g/mol. The van der Waals surface area contributed by atoms with E-state index in [0.717, 1.165) is 18.2 Å². The van der Waals surface area contributed by atoms with E-state index in [1.807, 2.05) is 0 Å². The predicted molar refractivity (Wildman–Crippen MR) is 51.1 cm³/mol. The van der Waals surface area contributed by atoms with Gasteiger partial charge in [0.15, 0.2) is 0 Å². The van der Waals surface area contributed by atoms with Crippen LogP contribution in [0.4, 0.5) is 17.6 Å². The van der Waals surface area contributed by atoms with Gasteiger partial charge >= 0.3 is 6.36 Å². The lowest BCUT2D eigenvalue weighted by molar-refractivity contribution is -0.274. The molecule has 1 aliphatic rings. The van der Waals surface area contributed by atoms with Crippen LogP contribution in [0.1, 0.15) is 24.3 Å². The van der Waals surface area contributed by atoms with Crippen molar-refractivity contribution in [3.63, 3.8) is 0 Å². The van der Waals surface area contributed by atoms with Crippen LogP contribution in [0.15, 0.2) is 18.2 Å². The van der Waals surface area contributed by atoms with Crippen molar-refractivity contribution in [3.05, 3.63) is 29.6 Å². The van der Waals surface area contributed by atoms with Crippen LogP contribution >= 0.6 is 0 Å². The zero-order valence-corrected chi connectivity index (χ0v) is 8.67. The lowest BCUT2D eigenvalue weighted by Gasteiger charge is -2.32. The van der Waals surface area contributed by atoms with Gasteiger partial charge in [-0.3, -0.25) is 0 Å². The first-order valence-corrected chi connectivity index (χ1v) is 5.08. The zero-order valence-electron chi connectivity index (χ0n) is 8.67. The summed E-state index contributed by atoms with van der Waals surface area (Å²) < 4.78 is 53.0. The third-order valence-corrected chi connectivity index (χ3v) is 2.75. The quantitative estimate of drug-likeness (QED) is 0.818. The largest absolute Gasteiger partial charge is 0.573 e. The SMILES string of the molecule is OC1CC(c2cc(OC(F)(F)F)ccc2F)C1. The number of halogens is 4. The van der Waals surface area contributed by atoms with Gasteiger partial charge in [-0.15, -0.1) is 13.2 Å². The second-order valence-corrected chi connectivity index (χ2v) is 4.05. The molecule has 0 heterocycles. The highest BCUT2D eigenvalue weighted by atomic mass is 19.4. The molecule has 0 amide bonds. The molecule has 1 aromatic rings. The van der Waals surface area contributed by atoms with E-state index in [1.54, 1.807) is 0 Å². The van der Waals surface area contributed by atoms with E-state index in [-0.39, 0.29) is 11.5 Å². The molecule has 17 heavy (non-hydrogen) atoms. The van der Waals surface area contributed by atoms with Crippen molar-refractivity contribution in [2.45, 2.75) is 31.2 Å². The number of rotatable bonds is 2. The Kier molecular flexibility index (Phi) is 2.99. The van der Waals surface area contributed by atoms with Crippen LogP contribution in [-0.4, -0.2) is 17.6 Å². The molecule has 0 unspecified atom stereocenters. The van der Waals surface area contributed by atoms with Crippen molar-refractivity contribution in [1.29, 1.82) is 0 Å². The first-order valence-electron chi connectivity index (χ1n) is 5.08. The molecule has 2 rings (SSSR count). The Morgan fingerprint density at radius 3 is 2.41 bits per heavy atom. The van der Waals surface area contributed by atoms with Crippen molar-refractivity contribution >= 4 is 0 Å². The minimum atomic E-state index is -4.78. The van der Waals surface area contributed by atoms with Gasteiger partial charge in [0.05, 0.1) is 6.10 Å². The molecule has 6 heteroatoms. The second kappa shape index (κ2) is 4.18. The molecule has 1 fully saturated rings. The molecule has 1 saturated carbocycles. The van der Waals surface area contributed by atoms with Gasteiger partial charge in [-0.2, -0.15) is 0 Å². The Morgan fingerprint density at radius 2 is 1.88 bits per heavy atom. The van der Waals surface area contributed by atoms with Crippen LogP contribution in [0.3, 0.4) is 0 Å². The van der Waals surface area contributed by atoms with E-state index in [4.69, 9.17) is 5.11 Å². The van der Waals surface area contributed by atoms with Gasteiger partial charge < -0.3 is 9.84 Å². The molecule has 1 aliphatic carbocycles. The van der Waals surface area contributed by atoms with Crippen molar-refractivity contribution in [2.75, 3.05) is 0 Å². The number of ether oxygens (including phenoxy) is 1. The third-order valence-electron chi connectivity index (χ3n) is 2.75. The topological polar surface area (TPSA) is 29.5 Å². The summed E-state index contributed by atoms with van der Waals surface area (Å²) in [4.78, 5) is 0. The first kappa shape index (κ1) is 12.2. The van der Waals surface area contributed by atoms with E-state index >= 15 is 0 Å². The Morgan fingerprint density at radius 1 is 1.24 bits per heavy atom. The maximum absolute atomic E-state index is 13.4. The number of benzene rings is 1. The predicted octanol–water partition coefficient (Wildman–Crippen LogP) is 2.96. The summed E-state index contributed by atoms with van der Waals surface area (Å²) in [5.74, 6) is -1.24. The van der Waals surface area contributed by atoms with E-state index in [2.05, 4.69) is 4.74 Å². The highest BCUT2D eigenvalue weighted by molar-refractivity contribution is 5.33. The Bertz CT molecular complexity index is 410. The number of aliphatic hydroxyl groups is 1. The summed E-state index contributed by atoms with van der Waals surface area (Å²) in [6.07, 6.45) is -4.54. The smallest absolute Gasteiger partial charge is 0.406 e. The molecule has 2 nitrogen and oxygen atoms in total. The first-order chi connectivity index (χ1) is 7.85. The average molecular weight is 250 g/mol. The average Bonchev–Trinajstić information content (AvgIpc) is 2.14. The van der Waals surface area contributed by atoms with Crippen molar-refractivity contribution in [1.82, 2.24) is 0 Å². The fourth-order valence-corrected chi connectivity index (χ4v) is 1.87. The van der Waals surface area contributed by atoms with E-state index in [9.17, 15) is 17.6 Å². The van der Waals surface area contributed by atoms with Crippen LogP contribution in [0.5, 0.6) is 5.75 Å². The van der Waals surface area contributed by atoms with E-state index in [1.165, 1.54) is 0 Å². The highest BCUT2D eigenvalue weighted by Gasteiger charge is 2.33. The van der Waals surface area contributed by atoms with Gasteiger partial charge in [-0.25, -0.2) is 4.39 Å². The summed E-state index contributed by atoms with van der Waals surface area (Å²) in [6.45, 7) is 0. The summed E-state index contributed by atoms with van der Waals surface area (Å²) in [6, 6.07) is 2.92. The summed E-state index contributed by atoms with van der Waals surface area (Å²) in [7, 11) is 0. The van der Waals surface area contributed by atoms with Crippen LogP contribution in [0.25, 0.3) is 0 Å². The minimum Gasteiger partial charge on any atom is -0.406 e. The molecule has 0 bridgehead atoms. The fourth-order valence-electron chi connectivity index (χ4n) is 1.87. The second-order valence-electron chi connectivity index (χ2n) is 4.05. The van der Waals surface area contributed by atoms with Gasteiger partial charge in [0.2, 0.25) is 0 Å². The van der Waals surface area contributed by atoms with Gasteiger partial charge in [0.1, 0.15) is 11.6 Å². The van der Waals surface area contributed by atoms with Crippen LogP contribution in [-0.2, 0) is 0 Å². The van der Waals surface area contributed by atoms with Crippen molar-refractivity contribution < 1.29 is 27.4 Å². The molecule has 0 spiro atoms. The summed E-state index contributed by atoms with van der Waals surface area (Å²) >= 11 is 0. The lowest BCUT2D eigenvalue weighted by Crippen LogP contribution is -2.27. The summed E-state index contributed by atoms with van der Waals surface area (Å²) in [5, 5.41) is 9.09. The molecular weight excluding hydrogens is 240 g/mol. The maximum atomic E-state index is 13.4. The molecule has 0 aliphatic heterocycles. The molecule has 1 aromatic carbocycles. The Hall–Kier alpha value is -1.30. The minimum absolute atomic E-state index is 0.164. The number of alkyl halides is 3. The van der Waals surface area contributed by atoms with E-state index in [0.29, 0.717) is 12.8 Å². The van der Waals surface area contributed by atoms with Crippen molar-refractivity contribution in [3.8, 4) is 5.75 Å². The fraction of sp³-hybridized carbons (Fsp3) is 0.455. The van der Waals surface area contributed by atoms with Crippen LogP contribution in [0, 0.1) is 5.82 Å². The summed E-state index contributed by atoms with van der Waals surface area (Å²) in [5.41, 5.74) is 0.164. The normalized spacial score (nSPS) is 24.3. The number of hydrogen-bond acceptors (Lipinski definition) is 2. The number of aliphatic hydroxyl groups excluding tert-OH is 1. The molecule has 1 N–H and O–H groups in total. The molecular formula is C11H10F4O2. The standard InChI is InChI=1S/C11H10F4O2/c12-10-2-1-8(17-11(13,14)15)5-9(10)6-3-7(16)4-6/h1-2,5-7,16H,3-4H2. The van der Waals surface area contributed by atoms with Crippen molar-refractivity contribution in [2.24, 2.45) is 0 Å². The lowest BCUT2D eigenvalue weighted by atomic mass is 9.77. The molecule has 0 saturated heterocycles. The zero-order chi connectivity index (χ0) is 12.6. The Labute approximate surface area is 94.8 Å². The van der Waals surface area contributed by atoms with E-state index < -0.39 is 24.0 Å².